The molecule has 1 atom stereocenters. The predicted octanol–water partition coefficient (Wildman–Crippen LogP) is 1.02. The second-order valence-electron chi connectivity index (χ2n) is 4.04. The number of hydrogen-bond donors (Lipinski definition) is 1. The van der Waals surface area contributed by atoms with Crippen LogP contribution >= 0.6 is 0 Å². The third kappa shape index (κ3) is 2.76. The average Bonchev–Trinajstić information content (AvgIpc) is 2.66. The van der Waals surface area contributed by atoms with Crippen LogP contribution in [-0.2, 0) is 11.8 Å². The van der Waals surface area contributed by atoms with Crippen LogP contribution in [-0.4, -0.2) is 38.1 Å². The molecule has 100 valence electrons. The summed E-state index contributed by atoms with van der Waals surface area (Å²) in [5, 5.41) is 19.8. The SMILES string of the molecule is CCC(C)N(CC(=O)O)c1c([N+](=O)[O-])ncn1C. The Hall–Kier alpha value is -2.12. The first-order chi connectivity index (χ1) is 8.38. The number of rotatable bonds is 6. The average molecular weight is 256 g/mol. The molecule has 0 saturated heterocycles. The van der Waals surface area contributed by atoms with E-state index in [2.05, 4.69) is 4.98 Å². The van der Waals surface area contributed by atoms with E-state index in [1.54, 1.807) is 7.05 Å². The molecule has 8 heteroatoms. The Morgan fingerprint density at radius 3 is 2.78 bits per heavy atom. The second-order valence-corrected chi connectivity index (χ2v) is 4.04. The molecule has 0 bridgehead atoms. The fourth-order valence-electron chi connectivity index (χ4n) is 1.68. The van der Waals surface area contributed by atoms with E-state index in [4.69, 9.17) is 5.11 Å². The molecule has 0 spiro atoms. The van der Waals surface area contributed by atoms with Crippen molar-refractivity contribution in [2.24, 2.45) is 7.05 Å². The van der Waals surface area contributed by atoms with Crippen molar-refractivity contribution in [2.75, 3.05) is 11.4 Å². The molecule has 1 heterocycles. The van der Waals surface area contributed by atoms with Crippen molar-refractivity contribution < 1.29 is 14.8 Å². The van der Waals surface area contributed by atoms with Gasteiger partial charge in [0.2, 0.25) is 12.1 Å². The first-order valence-corrected chi connectivity index (χ1v) is 5.52. The van der Waals surface area contributed by atoms with Gasteiger partial charge in [0.15, 0.2) is 0 Å². The Morgan fingerprint density at radius 2 is 2.33 bits per heavy atom. The molecule has 0 fully saturated rings. The number of anilines is 1. The number of carboxylic acid groups (broad SMARTS) is 1. The molecule has 8 nitrogen and oxygen atoms in total. The minimum Gasteiger partial charge on any atom is -0.480 e. The normalized spacial score (nSPS) is 12.2. The molecule has 0 aromatic carbocycles. The zero-order valence-electron chi connectivity index (χ0n) is 10.5. The number of aryl methyl sites for hydroxylation is 1. The Kier molecular flexibility index (Phi) is 4.24. The van der Waals surface area contributed by atoms with Gasteiger partial charge in [-0.1, -0.05) is 6.92 Å². The number of aromatic nitrogens is 2. The highest BCUT2D eigenvalue weighted by molar-refractivity contribution is 5.74. The van der Waals surface area contributed by atoms with Gasteiger partial charge in [0.05, 0.1) is 0 Å². The molecular weight excluding hydrogens is 240 g/mol. The Morgan fingerprint density at radius 1 is 1.72 bits per heavy atom. The molecule has 1 aromatic rings. The molecule has 1 unspecified atom stereocenters. The maximum absolute atomic E-state index is 10.9. The molecule has 0 saturated carbocycles. The molecule has 0 amide bonds. The third-order valence-corrected chi connectivity index (χ3v) is 2.76. The van der Waals surface area contributed by atoms with E-state index in [-0.39, 0.29) is 24.2 Å². The van der Waals surface area contributed by atoms with Crippen LogP contribution in [0.4, 0.5) is 11.6 Å². The van der Waals surface area contributed by atoms with Crippen molar-refractivity contribution in [1.82, 2.24) is 9.55 Å². The summed E-state index contributed by atoms with van der Waals surface area (Å²) in [5.41, 5.74) is 0. The topological polar surface area (TPSA) is 102 Å². The molecule has 0 aliphatic rings. The highest BCUT2D eigenvalue weighted by Gasteiger charge is 2.29. The Balaban J connectivity index is 3.23. The lowest BCUT2D eigenvalue weighted by molar-refractivity contribution is -0.388. The Labute approximate surface area is 104 Å². The minimum atomic E-state index is -1.04. The van der Waals surface area contributed by atoms with Crippen LogP contribution in [0.25, 0.3) is 0 Å². The summed E-state index contributed by atoms with van der Waals surface area (Å²) in [7, 11) is 1.60. The largest absolute Gasteiger partial charge is 0.480 e. The molecule has 0 aliphatic heterocycles. The maximum atomic E-state index is 10.9. The van der Waals surface area contributed by atoms with E-state index >= 15 is 0 Å². The smallest absolute Gasteiger partial charge is 0.406 e. The first-order valence-electron chi connectivity index (χ1n) is 5.52. The molecular formula is C10H16N4O4. The number of imidazole rings is 1. The summed E-state index contributed by atoms with van der Waals surface area (Å²) in [6, 6.07) is -0.129. The molecule has 1 rings (SSSR count). The predicted molar refractivity (Wildman–Crippen MR) is 64.6 cm³/mol. The van der Waals surface area contributed by atoms with Crippen LogP contribution in [0, 0.1) is 10.1 Å². The van der Waals surface area contributed by atoms with E-state index < -0.39 is 10.9 Å². The third-order valence-electron chi connectivity index (χ3n) is 2.76. The molecule has 1 aromatic heterocycles. The zero-order chi connectivity index (χ0) is 13.9. The van der Waals surface area contributed by atoms with Crippen molar-refractivity contribution >= 4 is 17.6 Å². The molecule has 0 aliphatic carbocycles. The van der Waals surface area contributed by atoms with E-state index in [1.807, 2.05) is 13.8 Å². The first kappa shape index (κ1) is 13.9. The maximum Gasteiger partial charge on any atom is 0.406 e. The summed E-state index contributed by atoms with van der Waals surface area (Å²) < 4.78 is 1.47. The summed E-state index contributed by atoms with van der Waals surface area (Å²) >= 11 is 0. The summed E-state index contributed by atoms with van der Waals surface area (Å²) in [5.74, 6) is -1.14. The number of hydrogen-bond acceptors (Lipinski definition) is 5. The van der Waals surface area contributed by atoms with Crippen molar-refractivity contribution in [3.05, 3.63) is 16.4 Å². The highest BCUT2D eigenvalue weighted by atomic mass is 16.6. The van der Waals surface area contributed by atoms with Crippen LogP contribution in [0.2, 0.25) is 0 Å². The summed E-state index contributed by atoms with van der Waals surface area (Å²) in [6.07, 6.45) is 1.99. The summed E-state index contributed by atoms with van der Waals surface area (Å²) in [4.78, 5) is 26.3. The van der Waals surface area contributed by atoms with E-state index in [9.17, 15) is 14.9 Å². The number of nitro groups is 1. The number of carbonyl (C=O) groups is 1. The van der Waals surface area contributed by atoms with Crippen molar-refractivity contribution in [3.8, 4) is 0 Å². The minimum absolute atomic E-state index is 0.129. The van der Waals surface area contributed by atoms with Gasteiger partial charge < -0.3 is 20.1 Å². The van der Waals surface area contributed by atoms with Gasteiger partial charge in [0, 0.05) is 13.1 Å². The van der Waals surface area contributed by atoms with E-state index in [0.29, 0.717) is 6.42 Å². The fourth-order valence-corrected chi connectivity index (χ4v) is 1.68. The Bertz CT molecular complexity index is 457. The van der Waals surface area contributed by atoms with Gasteiger partial charge in [0.1, 0.15) is 6.54 Å². The molecule has 1 N–H and O–H groups in total. The van der Waals surface area contributed by atoms with E-state index in [1.165, 1.54) is 15.8 Å². The van der Waals surface area contributed by atoms with Crippen molar-refractivity contribution in [2.45, 2.75) is 26.3 Å². The lowest BCUT2D eigenvalue weighted by Crippen LogP contribution is -2.38. The van der Waals surface area contributed by atoms with Crippen LogP contribution in [0.3, 0.4) is 0 Å². The van der Waals surface area contributed by atoms with Crippen molar-refractivity contribution in [3.63, 3.8) is 0 Å². The van der Waals surface area contributed by atoms with Gasteiger partial charge in [-0.05, 0) is 23.3 Å². The lowest BCUT2D eigenvalue weighted by atomic mass is 10.2. The number of aliphatic carboxylic acids is 1. The van der Waals surface area contributed by atoms with Gasteiger partial charge >= 0.3 is 11.8 Å². The van der Waals surface area contributed by atoms with Gasteiger partial charge in [-0.2, -0.15) is 0 Å². The number of nitrogens with zero attached hydrogens (tertiary/aromatic N) is 4. The number of carboxylic acids is 1. The van der Waals surface area contributed by atoms with Crippen molar-refractivity contribution in [1.29, 1.82) is 0 Å². The van der Waals surface area contributed by atoms with Crippen LogP contribution < -0.4 is 4.90 Å². The molecule has 18 heavy (non-hydrogen) atoms. The zero-order valence-corrected chi connectivity index (χ0v) is 10.5. The monoisotopic (exact) mass is 256 g/mol. The van der Waals surface area contributed by atoms with Gasteiger partial charge in [0.25, 0.3) is 0 Å². The summed E-state index contributed by atoms with van der Waals surface area (Å²) in [6.45, 7) is 3.41. The lowest BCUT2D eigenvalue weighted by Gasteiger charge is -2.27. The van der Waals surface area contributed by atoms with Gasteiger partial charge in [-0.15, -0.1) is 0 Å². The second kappa shape index (κ2) is 5.48. The van der Waals surface area contributed by atoms with Crippen LogP contribution in [0.1, 0.15) is 20.3 Å². The fraction of sp³-hybridized carbons (Fsp3) is 0.600. The van der Waals surface area contributed by atoms with Crippen LogP contribution in [0.5, 0.6) is 0 Å². The quantitative estimate of drug-likeness (QED) is 0.602. The standard InChI is InChI=1S/C10H16N4O4/c1-4-7(2)13(5-8(15)16)10-9(14(17)18)11-6-12(10)3/h6-7H,4-5H2,1-3H3,(H,15,16). The van der Waals surface area contributed by atoms with Gasteiger partial charge in [-0.3, -0.25) is 9.36 Å². The molecule has 0 radical (unpaired) electrons. The van der Waals surface area contributed by atoms with Crippen LogP contribution in [0.15, 0.2) is 6.33 Å². The van der Waals surface area contributed by atoms with Gasteiger partial charge in [-0.25, -0.2) is 0 Å². The highest BCUT2D eigenvalue weighted by Crippen LogP contribution is 2.27. The van der Waals surface area contributed by atoms with E-state index in [0.717, 1.165) is 0 Å².